The summed E-state index contributed by atoms with van der Waals surface area (Å²) < 4.78 is 30.7. The summed E-state index contributed by atoms with van der Waals surface area (Å²) in [6, 6.07) is 5.56. The van der Waals surface area contributed by atoms with Crippen LogP contribution in [0.15, 0.2) is 18.2 Å². The van der Waals surface area contributed by atoms with Crippen molar-refractivity contribution in [3.8, 4) is 5.75 Å². The fraction of sp³-hybridized carbons (Fsp3) is 0.562. The number of ether oxygens (including phenoxy) is 1. The van der Waals surface area contributed by atoms with Crippen LogP contribution in [0.2, 0.25) is 0 Å². The molecule has 1 N–H and O–H groups in total. The minimum atomic E-state index is -3.25. The van der Waals surface area contributed by atoms with E-state index in [1.54, 1.807) is 20.1 Å². The highest BCUT2D eigenvalue weighted by Gasteiger charge is 2.31. The van der Waals surface area contributed by atoms with Crippen molar-refractivity contribution in [3.63, 3.8) is 0 Å². The van der Waals surface area contributed by atoms with Crippen LogP contribution in [-0.4, -0.2) is 44.6 Å². The van der Waals surface area contributed by atoms with Crippen molar-refractivity contribution in [2.45, 2.75) is 26.7 Å². The Hall–Kier alpha value is -1.60. The van der Waals surface area contributed by atoms with Gasteiger partial charge in [0.1, 0.15) is 5.75 Å². The predicted molar refractivity (Wildman–Crippen MR) is 90.1 cm³/mol. The molecule has 0 radical (unpaired) electrons. The maximum absolute atomic E-state index is 12.5. The number of carbonyl (C=O) groups is 1. The zero-order chi connectivity index (χ0) is 17.0. The Kier molecular flexibility index (Phi) is 5.64. The number of nitrogens with one attached hydrogen (secondary N) is 1. The fourth-order valence-electron chi connectivity index (χ4n) is 2.75. The highest BCUT2D eigenvalue weighted by atomic mass is 32.2. The average Bonchev–Trinajstić information content (AvgIpc) is 2.55. The second-order valence-electron chi connectivity index (χ2n) is 5.79. The average molecular weight is 340 g/mol. The quantitative estimate of drug-likeness (QED) is 0.889. The molecule has 0 bridgehead atoms. The van der Waals surface area contributed by atoms with Gasteiger partial charge in [-0.15, -0.1) is 0 Å². The summed E-state index contributed by atoms with van der Waals surface area (Å²) in [5.41, 5.74) is 1.63. The molecule has 7 heteroatoms. The summed E-state index contributed by atoms with van der Waals surface area (Å²) in [6.45, 7) is 4.30. The Balaban J connectivity index is 2.10. The maximum atomic E-state index is 12.5. The SMILES string of the molecule is CCS(=O)(=O)N1CCCC(C(=O)Nc2cc(C)ccc2OC)C1. The number of aryl methyl sites for hydroxylation is 1. The molecule has 6 nitrogen and oxygen atoms in total. The van der Waals surface area contributed by atoms with E-state index >= 15 is 0 Å². The van der Waals surface area contributed by atoms with Crippen LogP contribution >= 0.6 is 0 Å². The van der Waals surface area contributed by atoms with E-state index in [4.69, 9.17) is 4.74 Å². The first-order chi connectivity index (χ1) is 10.9. The molecule has 0 aromatic heterocycles. The number of carbonyl (C=O) groups excluding carboxylic acids is 1. The molecule has 1 saturated heterocycles. The van der Waals surface area contributed by atoms with Crippen LogP contribution in [-0.2, 0) is 14.8 Å². The molecule has 1 fully saturated rings. The Morgan fingerprint density at radius 2 is 2.17 bits per heavy atom. The van der Waals surface area contributed by atoms with Crippen LogP contribution in [0, 0.1) is 12.8 Å². The van der Waals surface area contributed by atoms with Gasteiger partial charge in [-0.25, -0.2) is 12.7 Å². The maximum Gasteiger partial charge on any atom is 0.228 e. The van der Waals surface area contributed by atoms with E-state index in [-0.39, 0.29) is 24.1 Å². The van der Waals surface area contributed by atoms with Crippen molar-refractivity contribution in [3.05, 3.63) is 23.8 Å². The number of hydrogen-bond acceptors (Lipinski definition) is 4. The van der Waals surface area contributed by atoms with Crippen LogP contribution in [0.25, 0.3) is 0 Å². The third kappa shape index (κ3) is 4.23. The molecular weight excluding hydrogens is 316 g/mol. The molecule has 128 valence electrons. The Labute approximate surface area is 137 Å². The summed E-state index contributed by atoms with van der Waals surface area (Å²) in [5, 5.41) is 2.88. The molecular formula is C16H24N2O4S. The zero-order valence-corrected chi connectivity index (χ0v) is 14.6. The largest absolute Gasteiger partial charge is 0.495 e. The molecule has 0 aliphatic carbocycles. The van der Waals surface area contributed by atoms with Crippen LogP contribution in [0.1, 0.15) is 25.3 Å². The molecule has 1 aliphatic rings. The topological polar surface area (TPSA) is 75.7 Å². The molecule has 23 heavy (non-hydrogen) atoms. The lowest BCUT2D eigenvalue weighted by Crippen LogP contribution is -2.44. The van der Waals surface area contributed by atoms with Crippen molar-refractivity contribution in [2.75, 3.05) is 31.3 Å². The monoisotopic (exact) mass is 340 g/mol. The summed E-state index contributed by atoms with van der Waals surface area (Å²) in [7, 11) is -1.70. The summed E-state index contributed by atoms with van der Waals surface area (Å²) >= 11 is 0. The Bertz CT molecular complexity index is 673. The van der Waals surface area contributed by atoms with Gasteiger partial charge in [-0.05, 0) is 44.4 Å². The summed E-state index contributed by atoms with van der Waals surface area (Å²) in [6.07, 6.45) is 1.39. The smallest absolute Gasteiger partial charge is 0.228 e. The first-order valence-corrected chi connectivity index (χ1v) is 9.41. The van der Waals surface area contributed by atoms with E-state index < -0.39 is 10.0 Å². The van der Waals surface area contributed by atoms with Gasteiger partial charge in [0.15, 0.2) is 0 Å². The van der Waals surface area contributed by atoms with Gasteiger partial charge in [-0.2, -0.15) is 0 Å². The van der Waals surface area contributed by atoms with Gasteiger partial charge in [-0.3, -0.25) is 4.79 Å². The highest BCUT2D eigenvalue weighted by molar-refractivity contribution is 7.89. The molecule has 1 unspecified atom stereocenters. The van der Waals surface area contributed by atoms with E-state index in [2.05, 4.69) is 5.32 Å². The van der Waals surface area contributed by atoms with Crippen LogP contribution in [0.5, 0.6) is 5.75 Å². The molecule has 1 aromatic carbocycles. The Morgan fingerprint density at radius 3 is 2.83 bits per heavy atom. The summed E-state index contributed by atoms with van der Waals surface area (Å²) in [4.78, 5) is 12.5. The lowest BCUT2D eigenvalue weighted by Gasteiger charge is -2.31. The van der Waals surface area contributed by atoms with Crippen molar-refractivity contribution >= 4 is 21.6 Å². The first kappa shape index (κ1) is 17.7. The predicted octanol–water partition coefficient (Wildman–Crippen LogP) is 2.00. The molecule has 1 atom stereocenters. The fourth-order valence-corrected chi connectivity index (χ4v) is 3.93. The number of sulfonamides is 1. The second kappa shape index (κ2) is 7.31. The van der Waals surface area contributed by atoms with Crippen LogP contribution < -0.4 is 10.1 Å². The van der Waals surface area contributed by atoms with Crippen molar-refractivity contribution in [1.29, 1.82) is 0 Å². The number of benzene rings is 1. The van der Waals surface area contributed by atoms with Crippen LogP contribution in [0.3, 0.4) is 0 Å². The minimum absolute atomic E-state index is 0.0625. The number of nitrogens with zero attached hydrogens (tertiary/aromatic N) is 1. The molecule has 0 spiro atoms. The van der Waals surface area contributed by atoms with E-state index in [1.807, 2.05) is 19.1 Å². The first-order valence-electron chi connectivity index (χ1n) is 7.80. The molecule has 1 aromatic rings. The van der Waals surface area contributed by atoms with E-state index in [0.717, 1.165) is 5.56 Å². The molecule has 1 aliphatic heterocycles. The van der Waals surface area contributed by atoms with Gasteiger partial charge in [-0.1, -0.05) is 6.07 Å². The number of anilines is 1. The molecule has 0 saturated carbocycles. The number of piperidine rings is 1. The Morgan fingerprint density at radius 1 is 1.43 bits per heavy atom. The second-order valence-corrected chi connectivity index (χ2v) is 8.05. The standard InChI is InChI=1S/C16H24N2O4S/c1-4-23(20,21)18-9-5-6-13(11-18)16(19)17-14-10-12(2)7-8-15(14)22-3/h7-8,10,13H,4-6,9,11H2,1-3H3,(H,17,19). The van der Waals surface area contributed by atoms with Gasteiger partial charge in [0.05, 0.1) is 24.5 Å². The normalized spacial score (nSPS) is 19.3. The third-order valence-corrected chi connectivity index (χ3v) is 5.97. The number of rotatable bonds is 5. The highest BCUT2D eigenvalue weighted by Crippen LogP contribution is 2.27. The van der Waals surface area contributed by atoms with Crippen molar-refractivity contribution in [1.82, 2.24) is 4.31 Å². The van der Waals surface area contributed by atoms with Gasteiger partial charge in [0.2, 0.25) is 15.9 Å². The zero-order valence-electron chi connectivity index (χ0n) is 13.8. The van der Waals surface area contributed by atoms with Gasteiger partial charge < -0.3 is 10.1 Å². The lowest BCUT2D eigenvalue weighted by atomic mass is 9.98. The van der Waals surface area contributed by atoms with Crippen molar-refractivity contribution in [2.24, 2.45) is 5.92 Å². The minimum Gasteiger partial charge on any atom is -0.495 e. The van der Waals surface area contributed by atoms with E-state index in [0.29, 0.717) is 30.8 Å². The summed E-state index contributed by atoms with van der Waals surface area (Å²) in [5.74, 6) is 0.158. The molecule has 2 rings (SSSR count). The van der Waals surface area contributed by atoms with Gasteiger partial charge in [0, 0.05) is 13.1 Å². The number of hydrogen-bond donors (Lipinski definition) is 1. The number of methoxy groups -OCH3 is 1. The van der Waals surface area contributed by atoms with E-state index in [9.17, 15) is 13.2 Å². The van der Waals surface area contributed by atoms with Crippen molar-refractivity contribution < 1.29 is 17.9 Å². The van der Waals surface area contributed by atoms with Gasteiger partial charge >= 0.3 is 0 Å². The molecule has 1 heterocycles. The van der Waals surface area contributed by atoms with Gasteiger partial charge in [0.25, 0.3) is 0 Å². The molecule has 1 amide bonds. The number of amides is 1. The lowest BCUT2D eigenvalue weighted by molar-refractivity contribution is -0.120. The van der Waals surface area contributed by atoms with E-state index in [1.165, 1.54) is 4.31 Å². The van der Waals surface area contributed by atoms with Crippen LogP contribution in [0.4, 0.5) is 5.69 Å². The third-order valence-electron chi connectivity index (χ3n) is 4.13.